The molecule has 0 unspecified atom stereocenters. The third kappa shape index (κ3) is 11.9. The lowest BCUT2D eigenvalue weighted by Crippen LogP contribution is -2.44. The summed E-state index contributed by atoms with van der Waals surface area (Å²) in [5.41, 5.74) is 9.28. The molecule has 0 fully saturated rings. The van der Waals surface area contributed by atoms with E-state index in [0.717, 1.165) is 11.1 Å². The first kappa shape index (κ1) is 32.4. The van der Waals surface area contributed by atoms with E-state index in [1.54, 1.807) is 32.9 Å². The van der Waals surface area contributed by atoms with E-state index >= 15 is 0 Å². The number of nitrogens with one attached hydrogen (secondary N) is 1. The molecule has 13 heteroatoms. The first-order valence-electron chi connectivity index (χ1n) is 13.2. The van der Waals surface area contributed by atoms with Crippen molar-refractivity contribution in [3.8, 4) is 16.9 Å². The maximum Gasteiger partial charge on any atom is 0.407 e. The highest BCUT2D eigenvalue weighted by molar-refractivity contribution is 5.75. The zero-order valence-corrected chi connectivity index (χ0v) is 24.3. The van der Waals surface area contributed by atoms with Crippen molar-refractivity contribution in [2.24, 2.45) is 11.0 Å². The summed E-state index contributed by atoms with van der Waals surface area (Å²) < 4.78 is 20.4. The van der Waals surface area contributed by atoms with Crippen LogP contribution in [0.2, 0.25) is 0 Å². The Labute approximate surface area is 235 Å². The molecule has 0 saturated carbocycles. The molecule has 0 aliphatic carbocycles. The van der Waals surface area contributed by atoms with Crippen LogP contribution < -0.4 is 20.6 Å². The maximum absolute atomic E-state index is 12.2. The number of nitrogens with zero attached hydrogens (tertiary/aromatic N) is 5. The van der Waals surface area contributed by atoms with E-state index in [4.69, 9.17) is 30.5 Å². The standard InChI is InChI=1S/C27H41N7O6/c1-26(2,3)38-24(35)23(40-29)19-37-22-11-9-20(10-12-22)21-17-33(34(18-21)16-8-14-31-32-28)15-7-13-30-25(36)39-27(4,5)6/h9-12,17-18,23H,7-8,13-16,19,29H2,1-6H3/p+1/t23-/m0/s1. The number of alkyl carbamates (subject to hydrolysis) is 1. The second-order valence-electron chi connectivity index (χ2n) is 11.1. The van der Waals surface area contributed by atoms with E-state index in [-0.39, 0.29) is 6.61 Å². The van der Waals surface area contributed by atoms with Crippen molar-refractivity contribution in [3.63, 3.8) is 0 Å². The van der Waals surface area contributed by atoms with Crippen molar-refractivity contribution in [1.82, 2.24) is 10.00 Å². The van der Waals surface area contributed by atoms with Gasteiger partial charge < -0.3 is 19.5 Å². The van der Waals surface area contributed by atoms with Gasteiger partial charge in [-0.1, -0.05) is 17.2 Å². The lowest BCUT2D eigenvalue weighted by Gasteiger charge is -2.22. The van der Waals surface area contributed by atoms with Gasteiger partial charge in [-0.2, -0.15) is 4.68 Å². The second-order valence-corrected chi connectivity index (χ2v) is 11.1. The van der Waals surface area contributed by atoms with Gasteiger partial charge in [0.1, 0.15) is 23.6 Å². The van der Waals surface area contributed by atoms with Gasteiger partial charge in [-0.15, -0.1) is 4.68 Å². The highest BCUT2D eigenvalue weighted by Crippen LogP contribution is 2.22. The zero-order chi connectivity index (χ0) is 29.8. The van der Waals surface area contributed by atoms with Crippen LogP contribution in [0.15, 0.2) is 41.8 Å². The fraction of sp³-hybridized carbons (Fsp3) is 0.593. The smallest absolute Gasteiger partial charge is 0.407 e. The summed E-state index contributed by atoms with van der Waals surface area (Å²) in [7, 11) is 0. The van der Waals surface area contributed by atoms with Crippen LogP contribution in [0.3, 0.4) is 0 Å². The van der Waals surface area contributed by atoms with Crippen molar-refractivity contribution < 1.29 is 33.3 Å². The third-order valence-electron chi connectivity index (χ3n) is 5.27. The van der Waals surface area contributed by atoms with Crippen LogP contribution in [-0.4, -0.2) is 53.7 Å². The molecule has 40 heavy (non-hydrogen) atoms. The number of hydrogen-bond acceptors (Lipinski definition) is 8. The summed E-state index contributed by atoms with van der Waals surface area (Å²) in [6, 6.07) is 7.42. The summed E-state index contributed by atoms with van der Waals surface area (Å²) in [4.78, 5) is 31.7. The molecule has 0 spiro atoms. The molecule has 0 radical (unpaired) electrons. The van der Waals surface area contributed by atoms with E-state index < -0.39 is 29.4 Å². The molecule has 0 aliphatic heterocycles. The van der Waals surface area contributed by atoms with E-state index in [9.17, 15) is 9.59 Å². The summed E-state index contributed by atoms with van der Waals surface area (Å²) in [5, 5.41) is 6.39. The highest BCUT2D eigenvalue weighted by Gasteiger charge is 2.26. The van der Waals surface area contributed by atoms with Crippen LogP contribution in [0.1, 0.15) is 54.4 Å². The maximum atomic E-state index is 12.2. The molecule has 2 aromatic rings. The first-order valence-corrected chi connectivity index (χ1v) is 13.2. The fourth-order valence-corrected chi connectivity index (χ4v) is 3.58. The molecule has 1 amide bonds. The number of rotatable bonds is 14. The van der Waals surface area contributed by atoms with Gasteiger partial charge in [0.2, 0.25) is 12.3 Å². The number of amides is 1. The Morgan fingerprint density at radius 2 is 1.75 bits per heavy atom. The average Bonchev–Trinajstić information content (AvgIpc) is 3.26. The number of hydrogen-bond donors (Lipinski definition) is 2. The number of aromatic nitrogens is 2. The minimum atomic E-state index is -1.05. The number of benzene rings is 1. The molecular formula is C27H42N7O6+. The lowest BCUT2D eigenvalue weighted by atomic mass is 10.1. The zero-order valence-electron chi connectivity index (χ0n) is 24.3. The molecule has 2 rings (SSSR count). The Hall–Kier alpha value is -3.80. The van der Waals surface area contributed by atoms with Gasteiger partial charge in [0.05, 0.1) is 18.3 Å². The minimum Gasteiger partial charge on any atom is -0.490 e. The highest BCUT2D eigenvalue weighted by atomic mass is 16.7. The van der Waals surface area contributed by atoms with E-state index in [1.807, 2.05) is 45.3 Å². The lowest BCUT2D eigenvalue weighted by molar-refractivity contribution is -0.775. The molecule has 1 atom stereocenters. The summed E-state index contributed by atoms with van der Waals surface area (Å²) in [6.45, 7) is 12.8. The van der Waals surface area contributed by atoms with Crippen molar-refractivity contribution in [2.45, 2.75) is 84.8 Å². The van der Waals surface area contributed by atoms with E-state index in [2.05, 4.69) is 24.7 Å². The van der Waals surface area contributed by atoms with Crippen molar-refractivity contribution >= 4 is 12.1 Å². The van der Waals surface area contributed by atoms with Crippen molar-refractivity contribution in [2.75, 3.05) is 19.7 Å². The summed E-state index contributed by atoms with van der Waals surface area (Å²) in [6.07, 6.45) is 3.93. The summed E-state index contributed by atoms with van der Waals surface area (Å²) in [5.74, 6) is 5.22. The predicted molar refractivity (Wildman–Crippen MR) is 148 cm³/mol. The molecule has 1 aromatic carbocycles. The number of carbonyl (C=O) groups is 2. The van der Waals surface area contributed by atoms with E-state index in [1.165, 1.54) is 0 Å². The number of azide groups is 1. The monoisotopic (exact) mass is 560 g/mol. The van der Waals surface area contributed by atoms with Gasteiger partial charge >= 0.3 is 12.1 Å². The van der Waals surface area contributed by atoms with Gasteiger partial charge in [0.25, 0.3) is 0 Å². The molecule has 3 N–H and O–H groups in total. The van der Waals surface area contributed by atoms with Crippen LogP contribution >= 0.6 is 0 Å². The topological polar surface area (TPSA) is 167 Å². The second kappa shape index (κ2) is 15.1. The Balaban J connectivity index is 2.04. The molecule has 0 aliphatic rings. The third-order valence-corrected chi connectivity index (χ3v) is 5.27. The molecule has 13 nitrogen and oxygen atoms in total. The molecule has 1 heterocycles. The molecule has 0 bridgehead atoms. The number of ether oxygens (including phenoxy) is 3. The fourth-order valence-electron chi connectivity index (χ4n) is 3.58. The van der Waals surface area contributed by atoms with Gasteiger partial charge in [-0.25, -0.2) is 15.5 Å². The van der Waals surface area contributed by atoms with E-state index in [0.29, 0.717) is 44.8 Å². The average molecular weight is 561 g/mol. The Morgan fingerprint density at radius 1 is 1.07 bits per heavy atom. The predicted octanol–water partition coefficient (Wildman–Crippen LogP) is 4.04. The number of aryl methyl sites for hydroxylation is 2. The van der Waals surface area contributed by atoms with Crippen LogP contribution in [0.25, 0.3) is 21.6 Å². The largest absolute Gasteiger partial charge is 0.490 e. The molecule has 0 saturated heterocycles. The molecule has 1 aromatic heterocycles. The summed E-state index contributed by atoms with van der Waals surface area (Å²) >= 11 is 0. The van der Waals surface area contributed by atoms with Gasteiger partial charge in [-0.05, 0) is 71.2 Å². The Bertz CT molecular complexity index is 1150. The van der Waals surface area contributed by atoms with Crippen LogP contribution in [0.4, 0.5) is 4.79 Å². The van der Waals surface area contributed by atoms with Gasteiger partial charge in [0, 0.05) is 24.4 Å². The van der Waals surface area contributed by atoms with Gasteiger partial charge in [-0.3, -0.25) is 4.84 Å². The molecule has 220 valence electrons. The minimum absolute atomic E-state index is 0.0936. The van der Waals surface area contributed by atoms with Crippen molar-refractivity contribution in [1.29, 1.82) is 0 Å². The van der Waals surface area contributed by atoms with Gasteiger partial charge in [0.15, 0.2) is 6.54 Å². The SMILES string of the molecule is CC(C)(C)OC(=O)NCCC[n+]1cc(-c2ccc(OC[C@H](ON)C(=O)OC(C)(C)C)cc2)cn1CCCN=[N+]=[N-]. The number of nitrogens with two attached hydrogens (primary N) is 1. The Kier molecular flexibility index (Phi) is 12.2. The number of esters is 1. The first-order chi connectivity index (χ1) is 18.8. The van der Waals surface area contributed by atoms with Crippen LogP contribution in [0.5, 0.6) is 5.75 Å². The Morgan fingerprint density at radius 3 is 2.35 bits per heavy atom. The van der Waals surface area contributed by atoms with Crippen LogP contribution in [0, 0.1) is 0 Å². The number of carbonyl (C=O) groups excluding carboxylic acids is 2. The van der Waals surface area contributed by atoms with Crippen molar-refractivity contribution in [3.05, 3.63) is 47.1 Å². The quantitative estimate of drug-likeness (QED) is 0.0669. The van der Waals surface area contributed by atoms with Crippen LogP contribution in [-0.2, 0) is 32.2 Å². The normalized spacial score (nSPS) is 12.3. The molecular weight excluding hydrogens is 518 g/mol.